The molecule has 0 atom stereocenters. The van der Waals surface area contributed by atoms with Crippen molar-refractivity contribution in [2.75, 3.05) is 33.9 Å². The molecule has 2 aromatic carbocycles. The minimum atomic E-state index is -3.69. The van der Waals surface area contributed by atoms with Crippen LogP contribution in [0.3, 0.4) is 0 Å². The Kier molecular flexibility index (Phi) is 8.76. The molecule has 0 aliphatic heterocycles. The van der Waals surface area contributed by atoms with Crippen LogP contribution in [0.5, 0.6) is 17.2 Å². The van der Waals surface area contributed by atoms with Crippen LogP contribution in [0.4, 0.5) is 0 Å². The molecule has 0 spiro atoms. The summed E-state index contributed by atoms with van der Waals surface area (Å²) in [6, 6.07) is 8.99. The number of carbonyl (C=O) groups excluding carboxylic acids is 1. The van der Waals surface area contributed by atoms with E-state index in [0.717, 1.165) is 6.42 Å². The summed E-state index contributed by atoms with van der Waals surface area (Å²) in [5.74, 6) is 0.869. The van der Waals surface area contributed by atoms with Crippen LogP contribution in [0.25, 0.3) is 0 Å². The van der Waals surface area contributed by atoms with E-state index in [1.807, 2.05) is 6.92 Å². The van der Waals surface area contributed by atoms with Crippen molar-refractivity contribution in [3.63, 3.8) is 0 Å². The van der Waals surface area contributed by atoms with Crippen LogP contribution >= 0.6 is 11.6 Å². The molecule has 0 radical (unpaired) electrons. The van der Waals surface area contributed by atoms with Crippen LogP contribution in [0.1, 0.15) is 23.7 Å². The van der Waals surface area contributed by atoms with Crippen LogP contribution in [0.2, 0.25) is 5.02 Å². The third-order valence-corrected chi connectivity index (χ3v) is 5.77. The van der Waals surface area contributed by atoms with E-state index < -0.39 is 15.9 Å². The van der Waals surface area contributed by atoms with E-state index in [1.165, 1.54) is 38.5 Å². The van der Waals surface area contributed by atoms with Crippen molar-refractivity contribution < 1.29 is 27.4 Å². The van der Waals surface area contributed by atoms with Crippen molar-refractivity contribution >= 4 is 27.5 Å². The average molecular weight is 457 g/mol. The van der Waals surface area contributed by atoms with Gasteiger partial charge in [0, 0.05) is 18.7 Å². The lowest BCUT2D eigenvalue weighted by atomic mass is 10.2. The zero-order chi connectivity index (χ0) is 22.1. The molecule has 164 valence electrons. The number of sulfonamides is 1. The smallest absolute Gasteiger partial charge is 0.251 e. The number of methoxy groups -OCH3 is 2. The second-order valence-corrected chi connectivity index (χ2v) is 8.34. The lowest BCUT2D eigenvalue weighted by Gasteiger charge is -2.14. The number of ether oxygens (including phenoxy) is 3. The highest BCUT2D eigenvalue weighted by Gasteiger charge is 2.17. The predicted octanol–water partition coefficient (Wildman–Crippen LogP) is 2.85. The molecule has 0 bridgehead atoms. The second-order valence-electron chi connectivity index (χ2n) is 6.17. The quantitative estimate of drug-likeness (QED) is 0.504. The maximum absolute atomic E-state index is 12.4. The van der Waals surface area contributed by atoms with Crippen LogP contribution in [0.15, 0.2) is 41.3 Å². The maximum atomic E-state index is 12.4. The summed E-state index contributed by atoms with van der Waals surface area (Å²) in [4.78, 5) is 12.5. The fourth-order valence-electron chi connectivity index (χ4n) is 2.50. The Morgan fingerprint density at radius 1 is 1.07 bits per heavy atom. The van der Waals surface area contributed by atoms with Gasteiger partial charge in [0.15, 0.2) is 11.5 Å². The molecule has 1 amide bonds. The van der Waals surface area contributed by atoms with E-state index in [1.54, 1.807) is 12.1 Å². The number of hydrogen-bond donors (Lipinski definition) is 2. The largest absolute Gasteiger partial charge is 0.497 e. The first-order valence-electron chi connectivity index (χ1n) is 9.24. The Morgan fingerprint density at radius 2 is 1.77 bits per heavy atom. The molecule has 0 heterocycles. The third-order valence-electron chi connectivity index (χ3n) is 4.01. The molecule has 0 fully saturated rings. The fraction of sp³-hybridized carbons (Fsp3) is 0.350. The van der Waals surface area contributed by atoms with Gasteiger partial charge >= 0.3 is 0 Å². The Balaban J connectivity index is 1.94. The van der Waals surface area contributed by atoms with Gasteiger partial charge in [0.1, 0.15) is 5.75 Å². The Hall–Kier alpha value is -2.49. The number of rotatable bonds is 11. The summed E-state index contributed by atoms with van der Waals surface area (Å²) in [5, 5.41) is 2.90. The van der Waals surface area contributed by atoms with Crippen LogP contribution in [-0.4, -0.2) is 48.2 Å². The van der Waals surface area contributed by atoms with E-state index in [4.69, 9.17) is 25.8 Å². The first-order chi connectivity index (χ1) is 14.3. The molecule has 2 rings (SSSR count). The Bertz CT molecular complexity index is 964. The number of benzene rings is 2. The molecule has 30 heavy (non-hydrogen) atoms. The minimum Gasteiger partial charge on any atom is -0.497 e. The normalized spacial score (nSPS) is 11.1. The number of amides is 1. The van der Waals surface area contributed by atoms with Gasteiger partial charge in [-0.1, -0.05) is 18.5 Å². The van der Waals surface area contributed by atoms with Gasteiger partial charge in [-0.15, -0.1) is 0 Å². The van der Waals surface area contributed by atoms with E-state index in [0.29, 0.717) is 23.9 Å². The summed E-state index contributed by atoms with van der Waals surface area (Å²) in [6.45, 7) is 2.53. The molecule has 0 saturated heterocycles. The highest BCUT2D eigenvalue weighted by molar-refractivity contribution is 7.89. The van der Waals surface area contributed by atoms with E-state index >= 15 is 0 Å². The van der Waals surface area contributed by atoms with Gasteiger partial charge in [-0.05, 0) is 42.8 Å². The summed E-state index contributed by atoms with van der Waals surface area (Å²) in [6.07, 6.45) is 0.800. The van der Waals surface area contributed by atoms with Gasteiger partial charge in [-0.25, -0.2) is 13.1 Å². The van der Waals surface area contributed by atoms with Crippen molar-refractivity contribution in [3.8, 4) is 17.2 Å². The number of carbonyl (C=O) groups is 1. The topological polar surface area (TPSA) is 103 Å². The molecule has 0 saturated carbocycles. The molecule has 8 nitrogen and oxygen atoms in total. The Morgan fingerprint density at radius 3 is 2.37 bits per heavy atom. The SMILES string of the molecule is CCCOc1c(Cl)cc(C(=O)NCCNS(=O)(=O)c2ccc(OC)cc2)cc1OC. The highest BCUT2D eigenvalue weighted by atomic mass is 35.5. The van der Waals surface area contributed by atoms with Gasteiger partial charge in [-0.3, -0.25) is 4.79 Å². The molecular weight excluding hydrogens is 432 g/mol. The van der Waals surface area contributed by atoms with Gasteiger partial charge in [0.05, 0.1) is 30.7 Å². The van der Waals surface area contributed by atoms with E-state index in [9.17, 15) is 13.2 Å². The van der Waals surface area contributed by atoms with Gasteiger partial charge in [0.2, 0.25) is 10.0 Å². The first-order valence-corrected chi connectivity index (χ1v) is 11.1. The van der Waals surface area contributed by atoms with E-state index in [2.05, 4.69) is 10.0 Å². The lowest BCUT2D eigenvalue weighted by Crippen LogP contribution is -2.34. The average Bonchev–Trinajstić information content (AvgIpc) is 2.75. The molecule has 2 N–H and O–H groups in total. The third kappa shape index (κ3) is 6.25. The molecule has 0 aliphatic rings. The lowest BCUT2D eigenvalue weighted by molar-refractivity contribution is 0.0954. The van der Waals surface area contributed by atoms with Crippen LogP contribution in [0, 0.1) is 0 Å². The minimum absolute atomic E-state index is 0.0165. The number of halogens is 1. The molecule has 0 unspecified atom stereocenters. The Labute approximate surface area is 181 Å². The second kappa shape index (κ2) is 11.1. The first kappa shape index (κ1) is 23.8. The number of nitrogens with one attached hydrogen (secondary N) is 2. The fourth-order valence-corrected chi connectivity index (χ4v) is 3.79. The summed E-state index contributed by atoms with van der Waals surface area (Å²) >= 11 is 6.22. The summed E-state index contributed by atoms with van der Waals surface area (Å²) < 4.78 is 42.8. The molecule has 0 aliphatic carbocycles. The van der Waals surface area contributed by atoms with Crippen molar-refractivity contribution in [3.05, 3.63) is 47.0 Å². The predicted molar refractivity (Wildman–Crippen MR) is 114 cm³/mol. The van der Waals surface area contributed by atoms with E-state index in [-0.39, 0.29) is 28.6 Å². The zero-order valence-corrected chi connectivity index (χ0v) is 18.6. The number of hydrogen-bond acceptors (Lipinski definition) is 6. The molecular formula is C20H25ClN2O6S. The highest BCUT2D eigenvalue weighted by Crippen LogP contribution is 2.36. The monoisotopic (exact) mass is 456 g/mol. The molecule has 10 heteroatoms. The summed E-state index contributed by atoms with van der Waals surface area (Å²) in [7, 11) is -0.737. The van der Waals surface area contributed by atoms with Crippen molar-refractivity contribution in [1.82, 2.24) is 10.0 Å². The maximum Gasteiger partial charge on any atom is 0.251 e. The zero-order valence-electron chi connectivity index (χ0n) is 17.0. The molecule has 0 aromatic heterocycles. The molecule has 2 aromatic rings. The van der Waals surface area contributed by atoms with Gasteiger partial charge in [-0.2, -0.15) is 0 Å². The summed E-state index contributed by atoms with van der Waals surface area (Å²) in [5.41, 5.74) is 0.277. The van der Waals surface area contributed by atoms with Crippen molar-refractivity contribution in [2.24, 2.45) is 0 Å². The van der Waals surface area contributed by atoms with Crippen LogP contribution in [-0.2, 0) is 10.0 Å². The van der Waals surface area contributed by atoms with Gasteiger partial charge < -0.3 is 19.5 Å². The van der Waals surface area contributed by atoms with Crippen molar-refractivity contribution in [1.29, 1.82) is 0 Å². The van der Waals surface area contributed by atoms with Crippen molar-refractivity contribution in [2.45, 2.75) is 18.2 Å². The van der Waals surface area contributed by atoms with Crippen LogP contribution < -0.4 is 24.2 Å². The van der Waals surface area contributed by atoms with Gasteiger partial charge in [0.25, 0.3) is 5.91 Å². The standard InChI is InChI=1S/C20H25ClN2O6S/c1-4-11-29-19-17(21)12-14(13-18(19)28-3)20(24)22-9-10-23-30(25,26)16-7-5-15(27-2)6-8-16/h5-8,12-13,23H,4,9-11H2,1-3H3,(H,22,24).